The van der Waals surface area contributed by atoms with Crippen LogP contribution in [-0.2, 0) is 0 Å². The Balaban J connectivity index is 0.000000145. The molecule has 0 aliphatic heterocycles. The van der Waals surface area contributed by atoms with Crippen molar-refractivity contribution in [2.75, 3.05) is 0 Å². The van der Waals surface area contributed by atoms with Gasteiger partial charge >= 0.3 is 0 Å². The van der Waals surface area contributed by atoms with Crippen LogP contribution < -0.4 is 0 Å². The summed E-state index contributed by atoms with van der Waals surface area (Å²) in [6.07, 6.45) is 0. The number of hydrogen-bond donors (Lipinski definition) is 0. The first-order valence-corrected chi connectivity index (χ1v) is 37.3. The minimum absolute atomic E-state index is 0.190. The van der Waals surface area contributed by atoms with Crippen molar-refractivity contribution in [2.45, 2.75) is 0 Å². The topological polar surface area (TPSA) is 39.4 Å². The average molecular weight is 1420 g/mol. The van der Waals surface area contributed by atoms with E-state index < -0.39 is 12.1 Å². The van der Waals surface area contributed by atoms with Crippen LogP contribution in [0.5, 0.6) is 0 Å². The molecule has 0 atom stereocenters. The molecule has 0 bridgehead atoms. The second-order valence-electron chi connectivity index (χ2n) is 28.3. The van der Waals surface area contributed by atoms with E-state index in [1.54, 1.807) is 0 Å². The highest BCUT2D eigenvalue weighted by Crippen LogP contribution is 2.53. The monoisotopic (exact) mass is 1420 g/mol. The van der Waals surface area contributed by atoms with Gasteiger partial charge in [0.05, 0.1) is 13.7 Å². The molecule has 23 rings (SSSR count). The van der Waals surface area contributed by atoms with Gasteiger partial charge in [0.15, 0.2) is 0 Å². The fraction of sp³-hybridized carbons (Fsp3) is 0. The van der Waals surface area contributed by atoms with Crippen molar-refractivity contribution in [2.24, 2.45) is 0 Å². The minimum Gasteiger partial charge on any atom is -0.456 e. The first-order chi connectivity index (χ1) is 59.2. The van der Waals surface area contributed by atoms with Crippen molar-refractivity contribution < 1.29 is 27.0 Å². The van der Waals surface area contributed by atoms with Gasteiger partial charge in [-0.3, -0.25) is 0 Å². The van der Waals surface area contributed by atoms with Crippen molar-refractivity contribution in [3.05, 3.63) is 400 Å². The van der Waals surface area contributed by atoms with Gasteiger partial charge in [-0.25, -0.2) is 0 Å². The summed E-state index contributed by atoms with van der Waals surface area (Å²) in [5.41, 5.74) is 21.3. The number of fused-ring (bicyclic) bond motifs is 15. The maximum atomic E-state index is 9.05. The number of furan rings is 3. The summed E-state index contributed by atoms with van der Waals surface area (Å²) in [5, 5.41) is 17.5. The maximum Gasteiger partial charge on any atom is 0.136 e. The van der Waals surface area contributed by atoms with Gasteiger partial charge in [0.1, 0.15) is 33.5 Å². The highest BCUT2D eigenvalue weighted by atomic mass is 16.3. The first kappa shape index (κ1) is 54.0. The van der Waals surface area contributed by atoms with Gasteiger partial charge in [-0.05, 0) is 220 Å². The van der Waals surface area contributed by atoms with Crippen molar-refractivity contribution >= 4 is 130 Å². The third-order valence-electron chi connectivity index (χ3n) is 22.3. The van der Waals surface area contributed by atoms with Crippen LogP contribution in [0.15, 0.2) is 413 Å². The Morgan fingerprint density at radius 3 is 0.937 bits per heavy atom. The van der Waals surface area contributed by atoms with Gasteiger partial charge in [0, 0.05) is 43.4 Å². The molecule has 0 aliphatic carbocycles. The molecule has 111 heavy (non-hydrogen) atoms. The highest BCUT2D eigenvalue weighted by Gasteiger charge is 2.26. The molecule has 0 spiro atoms. The Hall–Kier alpha value is -14.6. The zero-order chi connectivity index (χ0) is 81.7. The third kappa shape index (κ3) is 10.5. The molecular weight excluding hydrogens is 1350 g/mol. The molecule has 23 aromatic rings. The number of para-hydroxylation sites is 3. The molecule has 0 saturated carbocycles. The molecular formula is C108H66O3. The fourth-order valence-corrected chi connectivity index (χ4v) is 17.5. The summed E-state index contributed by atoms with van der Waals surface area (Å²) >= 11 is 0. The molecule has 0 N–H and O–H groups in total. The number of rotatable bonds is 9. The summed E-state index contributed by atoms with van der Waals surface area (Å²) in [5.74, 6) is 0. The molecule has 516 valence electrons. The smallest absolute Gasteiger partial charge is 0.136 e. The van der Waals surface area contributed by atoms with E-state index in [-0.39, 0.29) is 59.5 Å². The molecule has 0 unspecified atom stereocenters. The normalized spacial score (nSPS) is 13.0. The Morgan fingerprint density at radius 2 is 0.486 bits per heavy atom. The lowest BCUT2D eigenvalue weighted by Crippen LogP contribution is -1.93. The van der Waals surface area contributed by atoms with Crippen LogP contribution in [0.2, 0.25) is 0 Å². The van der Waals surface area contributed by atoms with Crippen molar-refractivity contribution in [1.82, 2.24) is 0 Å². The van der Waals surface area contributed by atoms with E-state index in [1.807, 2.05) is 121 Å². The highest BCUT2D eigenvalue weighted by molar-refractivity contribution is 6.27. The number of benzene rings is 20. The summed E-state index contributed by atoms with van der Waals surface area (Å²) in [7, 11) is 0. The predicted molar refractivity (Wildman–Crippen MR) is 469 cm³/mol. The molecule has 3 heteroatoms. The second kappa shape index (κ2) is 26.1. The van der Waals surface area contributed by atoms with Crippen molar-refractivity contribution in [1.29, 1.82) is 0 Å². The molecule has 0 saturated heterocycles. The van der Waals surface area contributed by atoms with E-state index in [0.29, 0.717) is 11.1 Å². The Bertz CT molecular complexity index is 8180. The maximum absolute atomic E-state index is 9.05. The standard InChI is InChI=1S/C54H32O2.C54H34O/c1-2-14-33(15-3-1)51-41-19-6-8-21-43(41)53(44-22-9-7-20-42(44)51)46-31-36(30-34-16-4-5-17-37(34)46)38-28-29-49-54(45-23-11-13-25-48(45)55-49)52(38)35-26-27-40-39-18-10-12-24-47(39)56-50(40)32-35;1-3-15-35(16-4-1)36-27-29-38(30-28-36)52-42(31-32-50-54(52)47-25-13-14-26-49(47)55-50)40-33-39-19-7-8-20-41(39)48(34-40)53-45-23-11-9-21-43(45)51(37-17-5-2-6-18-37)44-22-10-12-24-46(44)53/h1-32H;1-34H/i1D,2D,3D,14D,15D;2D,5D,6D,17D,18D. The molecule has 3 heterocycles. The Kier molecular flexibility index (Phi) is 12.7. The lowest BCUT2D eigenvalue weighted by atomic mass is 9.83. The first-order valence-electron chi connectivity index (χ1n) is 42.3. The van der Waals surface area contributed by atoms with Crippen molar-refractivity contribution in [3.63, 3.8) is 0 Å². The Labute approximate surface area is 654 Å². The van der Waals surface area contributed by atoms with Gasteiger partial charge in [0.2, 0.25) is 0 Å². The van der Waals surface area contributed by atoms with Crippen LogP contribution >= 0.6 is 0 Å². The fourth-order valence-electron chi connectivity index (χ4n) is 17.5. The molecule has 0 fully saturated rings. The third-order valence-corrected chi connectivity index (χ3v) is 22.3. The van der Waals surface area contributed by atoms with Crippen LogP contribution in [-0.4, -0.2) is 0 Å². The minimum atomic E-state index is -0.411. The summed E-state index contributed by atoms with van der Waals surface area (Å²) in [4.78, 5) is 0. The largest absolute Gasteiger partial charge is 0.456 e. The SMILES string of the molecule is [2H]c1c([2H])c([2H])c(-c2c3ccccc3c(-c3cc(-c4ccc5oc6ccccc6c5c4-c4ccc(-c5ccccc5)cc4)cc4ccccc34)c3ccccc23)c([2H])c1[2H].[2H]c1c([2H])c([2H])c(-c2c3ccccc3c(-c3cc(-c4ccc5oc6ccccc6c5c4-c4ccc5c(c4)oc4ccccc45)cc4ccccc34)c3ccccc23)c([2H])c1[2H]. The van der Waals surface area contributed by atoms with Crippen LogP contribution in [0.25, 0.3) is 231 Å². The average Bonchev–Trinajstić information content (AvgIpc) is 1.63. The van der Waals surface area contributed by atoms with E-state index in [2.05, 4.69) is 218 Å². The van der Waals surface area contributed by atoms with Crippen molar-refractivity contribution in [3.8, 4) is 100 Å². The van der Waals surface area contributed by atoms with Crippen LogP contribution in [0.3, 0.4) is 0 Å². The quantitative estimate of drug-likeness (QED) is 0.135. The zero-order valence-corrected chi connectivity index (χ0v) is 59.6. The lowest BCUT2D eigenvalue weighted by molar-refractivity contribution is 0.668. The molecule has 20 aromatic carbocycles. The zero-order valence-electron chi connectivity index (χ0n) is 69.6. The van der Waals surface area contributed by atoms with Crippen LogP contribution in [0, 0.1) is 0 Å². The molecule has 0 aliphatic rings. The van der Waals surface area contributed by atoms with Gasteiger partial charge in [-0.2, -0.15) is 0 Å². The summed E-state index contributed by atoms with van der Waals surface area (Å²) in [6, 6.07) is 114. The molecule has 3 nitrogen and oxygen atoms in total. The van der Waals surface area contributed by atoms with E-state index >= 15 is 0 Å². The molecule has 0 amide bonds. The predicted octanol–water partition coefficient (Wildman–Crippen LogP) is 31.0. The number of hydrogen-bond acceptors (Lipinski definition) is 3. The molecule has 3 aromatic heterocycles. The van der Waals surface area contributed by atoms with Crippen LogP contribution in [0.4, 0.5) is 0 Å². The summed E-state index contributed by atoms with van der Waals surface area (Å²) < 4.78 is 107. The van der Waals surface area contributed by atoms with E-state index in [9.17, 15) is 0 Å². The second-order valence-corrected chi connectivity index (χ2v) is 28.3. The van der Waals surface area contributed by atoms with Gasteiger partial charge in [-0.1, -0.05) is 333 Å². The van der Waals surface area contributed by atoms with E-state index in [1.165, 1.54) is 0 Å². The van der Waals surface area contributed by atoms with Gasteiger partial charge in [-0.15, -0.1) is 0 Å². The van der Waals surface area contributed by atoms with E-state index in [0.717, 1.165) is 208 Å². The summed E-state index contributed by atoms with van der Waals surface area (Å²) in [6.45, 7) is 0. The Morgan fingerprint density at radius 1 is 0.162 bits per heavy atom. The molecule has 0 radical (unpaired) electrons. The van der Waals surface area contributed by atoms with E-state index in [4.69, 9.17) is 27.0 Å². The van der Waals surface area contributed by atoms with Gasteiger partial charge < -0.3 is 13.3 Å². The van der Waals surface area contributed by atoms with Crippen LogP contribution in [0.1, 0.15) is 13.7 Å². The van der Waals surface area contributed by atoms with Gasteiger partial charge in [0.25, 0.3) is 0 Å². The lowest BCUT2D eigenvalue weighted by Gasteiger charge is -2.20.